The lowest BCUT2D eigenvalue weighted by atomic mass is 9.90. The fraction of sp³-hybridized carbons (Fsp3) is 0.344. The lowest BCUT2D eigenvalue weighted by Gasteiger charge is -2.43. The molecule has 2 unspecified atom stereocenters. The molecule has 4 rings (SSSR count). The third-order valence-corrected chi connectivity index (χ3v) is 8.55. The van der Waals surface area contributed by atoms with Gasteiger partial charge in [-0.1, -0.05) is 59.9 Å². The lowest BCUT2D eigenvalue weighted by Crippen LogP contribution is -2.58. The highest BCUT2D eigenvalue weighted by Gasteiger charge is 2.49. The van der Waals surface area contributed by atoms with Crippen molar-refractivity contribution in [3.63, 3.8) is 0 Å². The SMILES string of the molecule is CO[C@@H]1OC(COC(=O)c2ccc(C)c(Cl)c2)[C@@H](C)[C@H](OC(=O)c2ccc(C)c(Cl)c2)C1OC(=O)c1ccc(C)c(Cl)c1. The number of carbonyl (C=O) groups is 3. The molecule has 0 spiro atoms. The van der Waals surface area contributed by atoms with E-state index < -0.39 is 48.4 Å². The summed E-state index contributed by atoms with van der Waals surface area (Å²) in [6, 6.07) is 14.4. The highest BCUT2D eigenvalue weighted by Crippen LogP contribution is 2.33. The van der Waals surface area contributed by atoms with Crippen LogP contribution in [-0.4, -0.2) is 56.2 Å². The number of hydrogen-bond donors (Lipinski definition) is 0. The van der Waals surface area contributed by atoms with Gasteiger partial charge < -0.3 is 23.7 Å². The van der Waals surface area contributed by atoms with Crippen LogP contribution in [0.5, 0.6) is 0 Å². The Hall–Kier alpha value is -3.14. The largest absolute Gasteiger partial charge is 0.459 e. The van der Waals surface area contributed by atoms with E-state index in [2.05, 4.69) is 0 Å². The first-order valence-electron chi connectivity index (χ1n) is 13.5. The van der Waals surface area contributed by atoms with Crippen LogP contribution in [0.3, 0.4) is 0 Å². The summed E-state index contributed by atoms with van der Waals surface area (Å²) in [5.74, 6) is -2.64. The molecule has 1 heterocycles. The molecule has 0 bridgehead atoms. The summed E-state index contributed by atoms with van der Waals surface area (Å²) in [6.07, 6.45) is -4.20. The van der Waals surface area contributed by atoms with Crippen LogP contribution >= 0.6 is 34.8 Å². The van der Waals surface area contributed by atoms with Gasteiger partial charge in [0.25, 0.3) is 0 Å². The Labute approximate surface area is 265 Å². The Morgan fingerprint density at radius 1 is 0.698 bits per heavy atom. The van der Waals surface area contributed by atoms with Crippen LogP contribution in [-0.2, 0) is 23.7 Å². The number of halogens is 3. The molecule has 8 nitrogen and oxygen atoms in total. The van der Waals surface area contributed by atoms with Crippen LogP contribution in [0.1, 0.15) is 54.7 Å². The summed E-state index contributed by atoms with van der Waals surface area (Å²) in [4.78, 5) is 39.3. The van der Waals surface area contributed by atoms with Crippen LogP contribution in [0.15, 0.2) is 54.6 Å². The first-order chi connectivity index (χ1) is 20.4. The summed E-state index contributed by atoms with van der Waals surface area (Å²) in [7, 11) is 1.36. The molecule has 1 saturated heterocycles. The van der Waals surface area contributed by atoms with Gasteiger partial charge in [0.15, 0.2) is 12.4 Å². The summed E-state index contributed by atoms with van der Waals surface area (Å²) in [6.45, 7) is 6.97. The van der Waals surface area contributed by atoms with Crippen LogP contribution in [0, 0.1) is 26.7 Å². The van der Waals surface area contributed by atoms with Crippen LogP contribution in [0.25, 0.3) is 0 Å². The van der Waals surface area contributed by atoms with Crippen LogP contribution in [0.2, 0.25) is 15.1 Å². The predicted octanol–water partition coefficient (Wildman–Crippen LogP) is 7.19. The molecule has 43 heavy (non-hydrogen) atoms. The van der Waals surface area contributed by atoms with Crippen molar-refractivity contribution in [3.05, 3.63) is 103 Å². The minimum Gasteiger partial charge on any atom is -0.459 e. The second-order valence-corrected chi connectivity index (χ2v) is 11.6. The van der Waals surface area contributed by atoms with Crippen molar-refractivity contribution in [1.82, 2.24) is 0 Å². The van der Waals surface area contributed by atoms with E-state index in [0.29, 0.717) is 15.1 Å². The number of carbonyl (C=O) groups excluding carboxylic acids is 3. The van der Waals surface area contributed by atoms with Gasteiger partial charge in [-0.05, 0) is 73.9 Å². The molecule has 3 aromatic carbocycles. The standard InChI is InChI=1S/C32H31Cl3O8/c1-16-6-9-20(12-23(16)33)29(36)40-15-26-19(4)27(42-30(37)21-10-7-17(2)24(34)13-21)28(32(39-5)41-26)43-31(38)22-11-8-18(3)25(35)14-22/h6-14,19,26-28,32H,15H2,1-5H3/t19-,26?,27+,28?,32-/m1/s1. The van der Waals surface area contributed by atoms with Gasteiger partial charge in [-0.15, -0.1) is 0 Å². The van der Waals surface area contributed by atoms with Gasteiger partial charge in [0.1, 0.15) is 18.8 Å². The van der Waals surface area contributed by atoms with Crippen molar-refractivity contribution in [3.8, 4) is 0 Å². The quantitative estimate of drug-likeness (QED) is 0.187. The van der Waals surface area contributed by atoms with Gasteiger partial charge in [-0.3, -0.25) is 0 Å². The first-order valence-corrected chi connectivity index (χ1v) is 14.6. The van der Waals surface area contributed by atoms with Gasteiger partial charge in [0.2, 0.25) is 0 Å². The molecule has 1 aliphatic heterocycles. The van der Waals surface area contributed by atoms with Gasteiger partial charge in [0.05, 0.1) is 16.7 Å². The normalized spacial score (nSPS) is 21.6. The predicted molar refractivity (Wildman–Crippen MR) is 162 cm³/mol. The number of ether oxygens (including phenoxy) is 5. The summed E-state index contributed by atoms with van der Waals surface area (Å²) in [5.41, 5.74) is 3.07. The maximum atomic E-state index is 13.3. The second-order valence-electron chi connectivity index (χ2n) is 10.4. The Bertz CT molecular complexity index is 1520. The smallest absolute Gasteiger partial charge is 0.338 e. The van der Waals surface area contributed by atoms with E-state index >= 15 is 0 Å². The zero-order valence-corrected chi connectivity index (χ0v) is 26.5. The Morgan fingerprint density at radius 2 is 1.12 bits per heavy atom. The van der Waals surface area contributed by atoms with Crippen molar-refractivity contribution in [2.24, 2.45) is 5.92 Å². The average molecular weight is 650 g/mol. The van der Waals surface area contributed by atoms with E-state index in [9.17, 15) is 14.4 Å². The van der Waals surface area contributed by atoms with E-state index in [-0.39, 0.29) is 23.3 Å². The number of benzene rings is 3. The molecule has 0 aliphatic carbocycles. The van der Waals surface area contributed by atoms with E-state index in [0.717, 1.165) is 16.7 Å². The van der Waals surface area contributed by atoms with Crippen molar-refractivity contribution < 1.29 is 38.1 Å². The van der Waals surface area contributed by atoms with Crippen molar-refractivity contribution >= 4 is 52.7 Å². The van der Waals surface area contributed by atoms with Gasteiger partial charge in [0, 0.05) is 28.1 Å². The summed E-state index contributed by atoms with van der Waals surface area (Å²) in [5, 5.41) is 1.21. The number of aryl methyl sites for hydroxylation is 3. The van der Waals surface area contributed by atoms with Crippen LogP contribution < -0.4 is 0 Å². The summed E-state index contributed by atoms with van der Waals surface area (Å²) < 4.78 is 28.9. The van der Waals surface area contributed by atoms with Crippen molar-refractivity contribution in [1.29, 1.82) is 0 Å². The minimum atomic E-state index is -1.18. The van der Waals surface area contributed by atoms with E-state index in [1.807, 2.05) is 20.8 Å². The number of hydrogen-bond acceptors (Lipinski definition) is 8. The average Bonchev–Trinajstić information content (AvgIpc) is 2.98. The molecule has 1 fully saturated rings. The highest BCUT2D eigenvalue weighted by molar-refractivity contribution is 6.32. The molecule has 0 aromatic heterocycles. The topological polar surface area (TPSA) is 97.4 Å². The molecule has 0 saturated carbocycles. The zero-order valence-electron chi connectivity index (χ0n) is 24.2. The third-order valence-electron chi connectivity index (χ3n) is 7.33. The van der Waals surface area contributed by atoms with Crippen molar-refractivity contribution in [2.45, 2.75) is 52.3 Å². The number of methoxy groups -OCH3 is 1. The van der Waals surface area contributed by atoms with E-state index in [1.54, 1.807) is 43.3 Å². The third kappa shape index (κ3) is 7.69. The Morgan fingerprint density at radius 3 is 1.53 bits per heavy atom. The van der Waals surface area contributed by atoms with Gasteiger partial charge >= 0.3 is 17.9 Å². The van der Waals surface area contributed by atoms with E-state index in [1.165, 1.54) is 25.3 Å². The molecule has 0 radical (unpaired) electrons. The molecular weight excluding hydrogens is 619 g/mol. The number of esters is 3. The van der Waals surface area contributed by atoms with Gasteiger partial charge in [-0.25, -0.2) is 14.4 Å². The molecule has 0 N–H and O–H groups in total. The Kier molecular flexibility index (Phi) is 10.7. The molecule has 11 heteroatoms. The monoisotopic (exact) mass is 648 g/mol. The fourth-order valence-electron chi connectivity index (χ4n) is 4.50. The van der Waals surface area contributed by atoms with Gasteiger partial charge in [-0.2, -0.15) is 0 Å². The second kappa shape index (κ2) is 14.1. The van der Waals surface area contributed by atoms with E-state index in [4.69, 9.17) is 58.5 Å². The maximum Gasteiger partial charge on any atom is 0.338 e. The van der Waals surface area contributed by atoms with Crippen molar-refractivity contribution in [2.75, 3.05) is 13.7 Å². The molecule has 0 amide bonds. The first kappa shape index (κ1) is 32.8. The summed E-state index contributed by atoms with van der Waals surface area (Å²) >= 11 is 18.6. The molecule has 5 atom stereocenters. The molecule has 1 aliphatic rings. The molecule has 228 valence electrons. The van der Waals surface area contributed by atoms with Crippen LogP contribution in [0.4, 0.5) is 0 Å². The fourth-order valence-corrected chi connectivity index (χ4v) is 5.04. The highest BCUT2D eigenvalue weighted by atomic mass is 35.5. The minimum absolute atomic E-state index is 0.196. The lowest BCUT2D eigenvalue weighted by molar-refractivity contribution is -0.278. The maximum absolute atomic E-state index is 13.3. The molecule has 3 aromatic rings. The zero-order chi connectivity index (χ0) is 31.4. The molecular formula is C32H31Cl3O8. The number of rotatable bonds is 8. The Balaban J connectivity index is 1.59.